The Morgan fingerprint density at radius 2 is 2.12 bits per heavy atom. The topological polar surface area (TPSA) is 25.4 Å². The Hall–Kier alpha value is -1.46. The van der Waals surface area contributed by atoms with Crippen molar-refractivity contribution in [1.29, 1.82) is 0 Å². The molecular formula is C19H23FN2OS. The summed E-state index contributed by atoms with van der Waals surface area (Å²) >= 11 is 1.56. The standard InChI is InChI=1S/C19H23FN2OS/c1-13(11-20)17-14(2)21-18(24-17)22-9-7-19(8-10-22)16-6-4-3-5-15(16)12-23-19/h5-6H,2-4,7-12H2,1H3/b17-13-. The van der Waals surface area contributed by atoms with Gasteiger partial charge in [0.2, 0.25) is 0 Å². The Bertz CT molecular complexity index is 815. The molecule has 0 aromatic carbocycles. The van der Waals surface area contributed by atoms with E-state index in [1.807, 2.05) is 6.92 Å². The van der Waals surface area contributed by atoms with Crippen LogP contribution in [0.1, 0.15) is 32.6 Å². The molecule has 0 saturated carbocycles. The molecule has 3 heterocycles. The lowest BCUT2D eigenvalue weighted by Crippen LogP contribution is -2.45. The van der Waals surface area contributed by atoms with E-state index in [0.29, 0.717) is 5.35 Å². The third-order valence-corrected chi connectivity index (χ3v) is 6.68. The fourth-order valence-electron chi connectivity index (χ4n) is 3.98. The Morgan fingerprint density at radius 1 is 1.38 bits per heavy atom. The van der Waals surface area contributed by atoms with E-state index in [2.05, 4.69) is 28.6 Å². The lowest BCUT2D eigenvalue weighted by molar-refractivity contribution is 0.00780. The van der Waals surface area contributed by atoms with Gasteiger partial charge in [0.1, 0.15) is 6.67 Å². The number of ether oxygens (including phenoxy) is 1. The molecule has 1 aromatic rings. The normalized spacial score (nSPS) is 23.8. The molecule has 2 fully saturated rings. The number of hydrogen-bond donors (Lipinski definition) is 0. The maximum absolute atomic E-state index is 12.9. The van der Waals surface area contributed by atoms with Crippen LogP contribution in [0.25, 0.3) is 12.2 Å². The second-order valence-corrected chi connectivity index (χ2v) is 7.86. The lowest BCUT2D eigenvalue weighted by Gasteiger charge is -2.39. The van der Waals surface area contributed by atoms with E-state index in [1.54, 1.807) is 11.3 Å². The van der Waals surface area contributed by atoms with Gasteiger partial charge in [-0.25, -0.2) is 9.37 Å². The van der Waals surface area contributed by atoms with E-state index in [9.17, 15) is 4.39 Å². The highest BCUT2D eigenvalue weighted by Gasteiger charge is 2.45. The predicted molar refractivity (Wildman–Crippen MR) is 97.5 cm³/mol. The summed E-state index contributed by atoms with van der Waals surface area (Å²) < 4.78 is 20.1. The van der Waals surface area contributed by atoms with Crippen molar-refractivity contribution in [2.75, 3.05) is 31.3 Å². The Morgan fingerprint density at radius 3 is 2.88 bits per heavy atom. The van der Waals surface area contributed by atoms with Crippen LogP contribution < -0.4 is 14.8 Å². The minimum atomic E-state index is -0.440. The zero-order valence-electron chi connectivity index (χ0n) is 14.1. The van der Waals surface area contributed by atoms with Crippen LogP contribution in [0, 0.1) is 0 Å². The van der Waals surface area contributed by atoms with Crippen LogP contribution in [-0.4, -0.2) is 37.0 Å². The Balaban J connectivity index is 1.54. The molecule has 1 aliphatic carbocycles. The summed E-state index contributed by atoms with van der Waals surface area (Å²) in [5.74, 6) is 0. The predicted octanol–water partition coefficient (Wildman–Crippen LogP) is 2.71. The van der Waals surface area contributed by atoms with Crippen molar-refractivity contribution >= 4 is 28.6 Å². The molecule has 2 saturated heterocycles. The SMILES string of the molecule is C=c1nc(N2CCC3(CC2)OCC2=CCCC=C23)s/c1=C(/C)CF. The molecule has 1 aromatic heterocycles. The molecule has 3 nitrogen and oxygen atoms in total. The van der Waals surface area contributed by atoms with Crippen LogP contribution in [0.5, 0.6) is 0 Å². The average molecular weight is 346 g/mol. The summed E-state index contributed by atoms with van der Waals surface area (Å²) in [6, 6.07) is 0. The summed E-state index contributed by atoms with van der Waals surface area (Å²) in [5.41, 5.74) is 3.47. The van der Waals surface area contributed by atoms with E-state index in [4.69, 9.17) is 4.74 Å². The number of nitrogens with zero attached hydrogens (tertiary/aromatic N) is 2. The van der Waals surface area contributed by atoms with Crippen LogP contribution in [0.2, 0.25) is 0 Å². The molecule has 5 heteroatoms. The second kappa shape index (κ2) is 6.12. The summed E-state index contributed by atoms with van der Waals surface area (Å²) in [6.45, 7) is 7.96. The van der Waals surface area contributed by atoms with Crippen LogP contribution in [0.15, 0.2) is 23.3 Å². The molecule has 1 spiro atoms. The molecule has 0 unspecified atom stereocenters. The van der Waals surface area contributed by atoms with E-state index < -0.39 is 6.67 Å². The maximum atomic E-state index is 12.9. The number of allylic oxidation sites excluding steroid dienone is 2. The fraction of sp³-hybridized carbons (Fsp3) is 0.526. The van der Waals surface area contributed by atoms with Gasteiger partial charge < -0.3 is 9.64 Å². The summed E-state index contributed by atoms with van der Waals surface area (Å²) in [5, 5.41) is 1.66. The minimum absolute atomic E-state index is 0.0862. The summed E-state index contributed by atoms with van der Waals surface area (Å²) in [7, 11) is 0. The van der Waals surface area contributed by atoms with Crippen molar-refractivity contribution in [3.8, 4) is 0 Å². The van der Waals surface area contributed by atoms with Crippen LogP contribution in [-0.2, 0) is 4.74 Å². The smallest absolute Gasteiger partial charge is 0.186 e. The zero-order chi connectivity index (χ0) is 16.7. The van der Waals surface area contributed by atoms with Gasteiger partial charge in [0.15, 0.2) is 5.13 Å². The van der Waals surface area contributed by atoms with Crippen molar-refractivity contribution in [3.05, 3.63) is 33.2 Å². The minimum Gasteiger partial charge on any atom is -0.365 e. The molecule has 0 bridgehead atoms. The van der Waals surface area contributed by atoms with Gasteiger partial charge in [-0.1, -0.05) is 30.1 Å². The highest BCUT2D eigenvalue weighted by Crippen LogP contribution is 2.45. The Kier molecular flexibility index (Phi) is 4.09. The van der Waals surface area contributed by atoms with Crippen molar-refractivity contribution in [2.24, 2.45) is 0 Å². The molecule has 0 atom stereocenters. The first-order valence-corrected chi connectivity index (χ1v) is 9.45. The summed E-state index contributed by atoms with van der Waals surface area (Å²) in [4.78, 5) is 6.88. The first-order chi connectivity index (χ1) is 11.6. The number of halogens is 1. The van der Waals surface area contributed by atoms with Crippen LogP contribution >= 0.6 is 11.3 Å². The van der Waals surface area contributed by atoms with Crippen LogP contribution in [0.4, 0.5) is 9.52 Å². The van der Waals surface area contributed by atoms with Crippen LogP contribution in [0.3, 0.4) is 0 Å². The molecule has 0 amide bonds. The molecular weight excluding hydrogens is 323 g/mol. The molecule has 2 aliphatic heterocycles. The van der Waals surface area contributed by atoms with Crippen molar-refractivity contribution in [2.45, 2.75) is 38.2 Å². The van der Waals surface area contributed by atoms with Gasteiger partial charge in [-0.3, -0.25) is 0 Å². The van der Waals surface area contributed by atoms with Crippen molar-refractivity contribution in [3.63, 3.8) is 0 Å². The van der Waals surface area contributed by atoms with Gasteiger partial charge in [-0.15, -0.1) is 0 Å². The van der Waals surface area contributed by atoms with Gasteiger partial charge in [0.25, 0.3) is 0 Å². The highest BCUT2D eigenvalue weighted by atomic mass is 32.1. The van der Waals surface area contributed by atoms with Gasteiger partial charge >= 0.3 is 0 Å². The van der Waals surface area contributed by atoms with E-state index in [0.717, 1.165) is 60.6 Å². The molecule has 128 valence electrons. The van der Waals surface area contributed by atoms with Crippen molar-refractivity contribution < 1.29 is 9.13 Å². The molecule has 24 heavy (non-hydrogen) atoms. The number of thiazole rings is 1. The van der Waals surface area contributed by atoms with Gasteiger partial charge in [0, 0.05) is 13.1 Å². The molecule has 4 rings (SSSR count). The third-order valence-electron chi connectivity index (χ3n) is 5.36. The van der Waals surface area contributed by atoms with Crippen molar-refractivity contribution in [1.82, 2.24) is 4.98 Å². The molecule has 3 aliphatic rings. The number of alkyl halides is 1. The largest absolute Gasteiger partial charge is 0.365 e. The lowest BCUT2D eigenvalue weighted by atomic mass is 9.80. The molecule has 0 N–H and O–H groups in total. The monoisotopic (exact) mass is 346 g/mol. The van der Waals surface area contributed by atoms with Gasteiger partial charge in [0.05, 0.1) is 22.1 Å². The fourth-order valence-corrected chi connectivity index (χ4v) is 5.02. The van der Waals surface area contributed by atoms with Gasteiger partial charge in [-0.05, 0) is 49.3 Å². The van der Waals surface area contributed by atoms with E-state index in [1.165, 1.54) is 11.1 Å². The average Bonchev–Trinajstić information content (AvgIpc) is 3.17. The second-order valence-electron chi connectivity index (χ2n) is 6.88. The highest BCUT2D eigenvalue weighted by molar-refractivity contribution is 7.13. The number of fused-ring (bicyclic) bond motifs is 2. The zero-order valence-corrected chi connectivity index (χ0v) is 14.9. The third kappa shape index (κ3) is 2.54. The number of aromatic nitrogens is 1. The summed E-state index contributed by atoms with van der Waals surface area (Å²) in [6.07, 6.45) is 8.98. The molecule has 0 radical (unpaired) electrons. The first-order valence-electron chi connectivity index (χ1n) is 8.63. The van der Waals surface area contributed by atoms with Gasteiger partial charge in [-0.2, -0.15) is 0 Å². The number of hydrogen-bond acceptors (Lipinski definition) is 4. The maximum Gasteiger partial charge on any atom is 0.186 e. The first kappa shape index (κ1) is 16.0. The number of anilines is 1. The number of piperidine rings is 1. The van der Waals surface area contributed by atoms with E-state index >= 15 is 0 Å². The van der Waals surface area contributed by atoms with E-state index in [-0.39, 0.29) is 5.60 Å². The Labute approximate surface area is 145 Å². The quantitative estimate of drug-likeness (QED) is 0.823. The number of rotatable bonds is 2.